The molecule has 1 aliphatic rings. The number of carbonyl (C=O) groups excluding carboxylic acids is 1. The molecule has 1 fully saturated rings. The minimum Gasteiger partial charge on any atom is -0.497 e. The molecule has 1 saturated heterocycles. The van der Waals surface area contributed by atoms with Gasteiger partial charge in [0.05, 0.1) is 24.1 Å². The van der Waals surface area contributed by atoms with Crippen LogP contribution in [-0.4, -0.2) is 33.8 Å². The van der Waals surface area contributed by atoms with E-state index in [1.807, 2.05) is 36.4 Å². The summed E-state index contributed by atoms with van der Waals surface area (Å²) in [6, 6.07) is 18.1. The second-order valence-corrected chi connectivity index (χ2v) is 8.92. The highest BCUT2D eigenvalue weighted by Gasteiger charge is 2.28. The number of hydrogen-bond donors (Lipinski definition) is 0. The maximum Gasteiger partial charge on any atom is 0.338 e. The number of benzene rings is 3. The highest BCUT2D eigenvalue weighted by molar-refractivity contribution is 7.93. The fourth-order valence-electron chi connectivity index (χ4n) is 3.42. The van der Waals surface area contributed by atoms with Gasteiger partial charge in [0.15, 0.2) is 0 Å². The van der Waals surface area contributed by atoms with Crippen LogP contribution in [0.3, 0.4) is 0 Å². The molecule has 0 N–H and O–H groups in total. The van der Waals surface area contributed by atoms with Gasteiger partial charge in [-0.2, -0.15) is 0 Å². The second-order valence-electron chi connectivity index (χ2n) is 6.91. The second kappa shape index (κ2) is 7.75. The molecule has 1 aliphatic heterocycles. The van der Waals surface area contributed by atoms with Gasteiger partial charge in [-0.05, 0) is 65.2 Å². The molecule has 0 unspecified atom stereocenters. The van der Waals surface area contributed by atoms with E-state index in [0.717, 1.165) is 22.1 Å². The van der Waals surface area contributed by atoms with Crippen LogP contribution >= 0.6 is 0 Å². The number of fused-ring (bicyclic) bond motifs is 1. The SMILES string of the molecule is COc1ccc2cc(COC(=O)c3ccc(N4CCCS4(=O)=O)cc3)ccc2c1. The third-order valence-corrected chi connectivity index (χ3v) is 6.84. The molecular weight excluding hydrogens is 390 g/mol. The summed E-state index contributed by atoms with van der Waals surface area (Å²) in [6.07, 6.45) is 0.616. The van der Waals surface area contributed by atoms with Crippen LogP contribution in [0.25, 0.3) is 10.8 Å². The average molecular weight is 411 g/mol. The molecule has 0 radical (unpaired) electrons. The summed E-state index contributed by atoms with van der Waals surface area (Å²) >= 11 is 0. The van der Waals surface area contributed by atoms with E-state index in [4.69, 9.17) is 9.47 Å². The van der Waals surface area contributed by atoms with Crippen molar-refractivity contribution in [3.05, 3.63) is 71.8 Å². The summed E-state index contributed by atoms with van der Waals surface area (Å²) in [5, 5.41) is 2.09. The van der Waals surface area contributed by atoms with Gasteiger partial charge in [-0.3, -0.25) is 4.31 Å². The Balaban J connectivity index is 1.42. The molecule has 0 amide bonds. The topological polar surface area (TPSA) is 72.9 Å². The van der Waals surface area contributed by atoms with Crippen LogP contribution in [-0.2, 0) is 21.4 Å². The van der Waals surface area contributed by atoms with E-state index >= 15 is 0 Å². The summed E-state index contributed by atoms with van der Waals surface area (Å²) < 4.78 is 36.0. The van der Waals surface area contributed by atoms with Crippen LogP contribution < -0.4 is 9.04 Å². The van der Waals surface area contributed by atoms with Crippen molar-refractivity contribution < 1.29 is 22.7 Å². The zero-order valence-corrected chi connectivity index (χ0v) is 16.8. The van der Waals surface area contributed by atoms with E-state index in [9.17, 15) is 13.2 Å². The number of rotatable bonds is 5. The Bertz CT molecular complexity index is 1160. The number of ether oxygens (including phenoxy) is 2. The van der Waals surface area contributed by atoms with Gasteiger partial charge in [0.1, 0.15) is 12.4 Å². The van der Waals surface area contributed by atoms with Gasteiger partial charge in [0, 0.05) is 6.54 Å². The summed E-state index contributed by atoms with van der Waals surface area (Å²) in [6.45, 7) is 0.628. The minimum atomic E-state index is -3.23. The molecule has 0 aromatic heterocycles. The summed E-state index contributed by atoms with van der Waals surface area (Å²) in [5.74, 6) is 0.507. The van der Waals surface area contributed by atoms with Crippen molar-refractivity contribution >= 4 is 32.5 Å². The highest BCUT2D eigenvalue weighted by atomic mass is 32.2. The maximum absolute atomic E-state index is 12.4. The normalized spacial score (nSPS) is 15.4. The van der Waals surface area contributed by atoms with Gasteiger partial charge in [0.25, 0.3) is 0 Å². The summed E-state index contributed by atoms with van der Waals surface area (Å²) in [4.78, 5) is 12.4. The van der Waals surface area contributed by atoms with Crippen molar-refractivity contribution in [2.75, 3.05) is 23.7 Å². The lowest BCUT2D eigenvalue weighted by atomic mass is 10.1. The van der Waals surface area contributed by atoms with Crippen molar-refractivity contribution in [2.24, 2.45) is 0 Å². The Hall–Kier alpha value is -3.06. The number of hydrogen-bond acceptors (Lipinski definition) is 5. The lowest BCUT2D eigenvalue weighted by Gasteiger charge is -2.16. The number of methoxy groups -OCH3 is 1. The van der Waals surface area contributed by atoms with Gasteiger partial charge >= 0.3 is 5.97 Å². The van der Waals surface area contributed by atoms with Gasteiger partial charge in [-0.25, -0.2) is 13.2 Å². The molecule has 3 aromatic rings. The Morgan fingerprint density at radius 2 is 1.72 bits per heavy atom. The van der Waals surface area contributed by atoms with Crippen molar-refractivity contribution in [2.45, 2.75) is 13.0 Å². The fraction of sp³-hybridized carbons (Fsp3) is 0.227. The molecule has 150 valence electrons. The third kappa shape index (κ3) is 4.05. The lowest BCUT2D eigenvalue weighted by Crippen LogP contribution is -2.25. The van der Waals surface area contributed by atoms with Gasteiger partial charge < -0.3 is 9.47 Å². The Morgan fingerprint density at radius 1 is 1.00 bits per heavy atom. The van der Waals surface area contributed by atoms with E-state index in [0.29, 0.717) is 24.2 Å². The smallest absolute Gasteiger partial charge is 0.338 e. The number of nitrogens with zero attached hydrogens (tertiary/aromatic N) is 1. The molecule has 29 heavy (non-hydrogen) atoms. The summed E-state index contributed by atoms with van der Waals surface area (Å²) in [5.41, 5.74) is 1.84. The molecule has 1 heterocycles. The van der Waals surface area contributed by atoms with E-state index in [-0.39, 0.29) is 12.4 Å². The zero-order chi connectivity index (χ0) is 20.4. The molecule has 0 spiro atoms. The van der Waals surface area contributed by atoms with Gasteiger partial charge in [-0.1, -0.05) is 18.2 Å². The van der Waals surface area contributed by atoms with Gasteiger partial charge in [0.2, 0.25) is 10.0 Å². The van der Waals surface area contributed by atoms with Crippen LogP contribution in [0, 0.1) is 0 Å². The van der Waals surface area contributed by atoms with E-state index in [2.05, 4.69) is 0 Å². The van der Waals surface area contributed by atoms with Crippen LogP contribution in [0.4, 0.5) is 5.69 Å². The monoisotopic (exact) mass is 411 g/mol. The molecule has 3 aromatic carbocycles. The van der Waals surface area contributed by atoms with Crippen molar-refractivity contribution in [3.8, 4) is 5.75 Å². The molecule has 0 atom stereocenters. The molecule has 0 bridgehead atoms. The first kappa shape index (κ1) is 19.3. The van der Waals surface area contributed by atoms with Crippen LogP contribution in [0.1, 0.15) is 22.3 Å². The molecule has 0 aliphatic carbocycles. The summed E-state index contributed by atoms with van der Waals surface area (Å²) in [7, 11) is -1.60. The number of anilines is 1. The minimum absolute atomic E-state index is 0.156. The van der Waals surface area contributed by atoms with Gasteiger partial charge in [-0.15, -0.1) is 0 Å². The highest BCUT2D eigenvalue weighted by Crippen LogP contribution is 2.25. The Morgan fingerprint density at radius 3 is 2.41 bits per heavy atom. The quantitative estimate of drug-likeness (QED) is 0.598. The first-order valence-electron chi connectivity index (χ1n) is 9.30. The van der Waals surface area contributed by atoms with Crippen LogP contribution in [0.5, 0.6) is 5.75 Å². The van der Waals surface area contributed by atoms with Crippen molar-refractivity contribution in [1.29, 1.82) is 0 Å². The predicted octanol–water partition coefficient (Wildman–Crippen LogP) is 3.75. The number of sulfonamides is 1. The average Bonchev–Trinajstić information content (AvgIpc) is 3.10. The standard InChI is InChI=1S/C22H21NO5S/c1-27-21-10-7-18-13-16(3-4-19(18)14-21)15-28-22(24)17-5-8-20(9-6-17)23-11-2-12-29(23,25)26/h3-10,13-14H,2,11-12,15H2,1H3. The molecular formula is C22H21NO5S. The molecule has 6 nitrogen and oxygen atoms in total. The predicted molar refractivity (Wildman–Crippen MR) is 112 cm³/mol. The zero-order valence-electron chi connectivity index (χ0n) is 16.0. The van der Waals surface area contributed by atoms with E-state index in [1.54, 1.807) is 31.4 Å². The number of esters is 1. The fourth-order valence-corrected chi connectivity index (χ4v) is 4.98. The maximum atomic E-state index is 12.4. The van der Waals surface area contributed by atoms with Crippen molar-refractivity contribution in [1.82, 2.24) is 0 Å². The molecule has 4 rings (SSSR count). The lowest BCUT2D eigenvalue weighted by molar-refractivity contribution is 0.0473. The van der Waals surface area contributed by atoms with E-state index < -0.39 is 16.0 Å². The first-order valence-corrected chi connectivity index (χ1v) is 10.9. The van der Waals surface area contributed by atoms with E-state index in [1.165, 1.54) is 4.31 Å². The van der Waals surface area contributed by atoms with Crippen molar-refractivity contribution in [3.63, 3.8) is 0 Å². The third-order valence-electron chi connectivity index (χ3n) is 4.97. The van der Waals surface area contributed by atoms with Crippen LogP contribution in [0.15, 0.2) is 60.7 Å². The largest absolute Gasteiger partial charge is 0.497 e. The Labute approximate surface area is 169 Å². The molecule has 0 saturated carbocycles. The first-order chi connectivity index (χ1) is 14.0. The number of carbonyl (C=O) groups is 1. The molecule has 7 heteroatoms. The Kier molecular flexibility index (Phi) is 5.15. The van der Waals surface area contributed by atoms with Crippen LogP contribution in [0.2, 0.25) is 0 Å².